The van der Waals surface area contributed by atoms with Crippen LogP contribution >= 0.6 is 34.9 Å². The summed E-state index contributed by atoms with van der Waals surface area (Å²) in [4.78, 5) is 64.2. The molecule has 0 bridgehead atoms. The second kappa shape index (κ2) is 14.3. The number of aryl methyl sites for hydroxylation is 1. The molecule has 1 unspecified atom stereocenters. The third-order valence-corrected chi connectivity index (χ3v) is 12.3. The number of oxime groups is 1. The first-order chi connectivity index (χ1) is 26.4. The fourth-order valence-corrected chi connectivity index (χ4v) is 9.72. The number of aliphatic carboxylic acids is 1. The highest BCUT2D eigenvalue weighted by atomic mass is 32.2. The van der Waals surface area contributed by atoms with Crippen LogP contribution in [-0.2, 0) is 36.2 Å². The fraction of sp³-hybridized carbons (Fsp3) is 0.278. The topological polar surface area (TPSA) is 215 Å². The minimum absolute atomic E-state index is 0.107. The zero-order valence-corrected chi connectivity index (χ0v) is 32.3. The summed E-state index contributed by atoms with van der Waals surface area (Å²) in [5.74, 6) is -1.07. The summed E-state index contributed by atoms with van der Waals surface area (Å²) in [5, 5.41) is 25.8. The monoisotopic (exact) mass is 798 g/mol. The summed E-state index contributed by atoms with van der Waals surface area (Å²) in [5.41, 5.74) is 8.74. The molecule has 4 aromatic heterocycles. The molecule has 0 radical (unpaired) electrons. The van der Waals surface area contributed by atoms with Gasteiger partial charge in [-0.25, -0.2) is 14.8 Å². The number of nitrogens with two attached hydrogens (primary N) is 1. The van der Waals surface area contributed by atoms with Crippen molar-refractivity contribution in [3.05, 3.63) is 88.0 Å². The van der Waals surface area contributed by atoms with Crippen LogP contribution in [0, 0.1) is 6.92 Å². The molecule has 2 atom stereocenters. The molecular formula is C36H34N10O6S3. The van der Waals surface area contributed by atoms with E-state index in [1.54, 1.807) is 17.0 Å². The van der Waals surface area contributed by atoms with Gasteiger partial charge in [-0.15, -0.1) is 40.0 Å². The van der Waals surface area contributed by atoms with E-state index >= 15 is 0 Å². The zero-order chi connectivity index (χ0) is 38.6. The lowest BCUT2D eigenvalue weighted by Crippen LogP contribution is -2.71. The van der Waals surface area contributed by atoms with E-state index in [1.165, 1.54) is 28.4 Å². The fourth-order valence-electron chi connectivity index (χ4n) is 6.64. The molecule has 0 saturated carbocycles. The quantitative estimate of drug-likeness (QED) is 0.0444. The average molecular weight is 799 g/mol. The van der Waals surface area contributed by atoms with E-state index in [0.29, 0.717) is 28.0 Å². The first-order valence-electron chi connectivity index (χ1n) is 17.0. The first kappa shape index (κ1) is 36.5. The Labute approximate surface area is 325 Å². The number of ether oxygens (including phenoxy) is 1. The molecule has 5 N–H and O–H groups in total. The molecule has 16 nitrogen and oxygen atoms in total. The predicted molar refractivity (Wildman–Crippen MR) is 210 cm³/mol. The number of nitrogen functional groups attached to an aromatic ring is 1. The molecule has 282 valence electrons. The molecule has 2 amide bonds. The van der Waals surface area contributed by atoms with E-state index in [1.807, 2.05) is 69.3 Å². The van der Waals surface area contributed by atoms with Crippen LogP contribution in [-0.4, -0.2) is 93.1 Å². The van der Waals surface area contributed by atoms with Gasteiger partial charge in [-0.2, -0.15) is 9.50 Å². The van der Waals surface area contributed by atoms with Crippen LogP contribution in [0.1, 0.15) is 36.6 Å². The summed E-state index contributed by atoms with van der Waals surface area (Å²) < 4.78 is 6.75. The highest BCUT2D eigenvalue weighted by Gasteiger charge is 2.54. The number of hydrogen-bond donors (Lipinski definition) is 4. The zero-order valence-electron chi connectivity index (χ0n) is 29.9. The van der Waals surface area contributed by atoms with Gasteiger partial charge < -0.3 is 30.7 Å². The Balaban J connectivity index is 1.02. The number of fused-ring (bicyclic) bond motifs is 5. The maximum absolute atomic E-state index is 13.9. The van der Waals surface area contributed by atoms with E-state index in [-0.39, 0.29) is 34.6 Å². The van der Waals surface area contributed by atoms with Gasteiger partial charge in [-0.3, -0.25) is 14.5 Å². The van der Waals surface area contributed by atoms with E-state index in [0.717, 1.165) is 44.4 Å². The van der Waals surface area contributed by atoms with Crippen LogP contribution in [0.3, 0.4) is 0 Å². The number of β-lactam (4-membered cyclic amide) rings is 1. The molecule has 2 aliphatic rings. The van der Waals surface area contributed by atoms with Crippen molar-refractivity contribution >= 4 is 91.1 Å². The maximum Gasteiger partial charge on any atom is 0.352 e. The van der Waals surface area contributed by atoms with Crippen molar-refractivity contribution in [2.45, 2.75) is 49.4 Å². The third kappa shape index (κ3) is 6.66. The number of carbonyl (C=O) groups is 3. The number of benzene rings is 2. The smallest absolute Gasteiger partial charge is 0.352 e. The molecule has 0 spiro atoms. The Morgan fingerprint density at radius 1 is 1.16 bits per heavy atom. The second-order valence-corrected chi connectivity index (χ2v) is 16.3. The number of thiazole rings is 1. The lowest BCUT2D eigenvalue weighted by Gasteiger charge is -2.49. The van der Waals surface area contributed by atoms with Gasteiger partial charge in [0.2, 0.25) is 0 Å². The summed E-state index contributed by atoms with van der Waals surface area (Å²) in [6.45, 7) is 5.73. The van der Waals surface area contributed by atoms with Crippen LogP contribution in [0.15, 0.2) is 75.4 Å². The highest BCUT2D eigenvalue weighted by Crippen LogP contribution is 2.42. The van der Waals surface area contributed by atoms with E-state index in [9.17, 15) is 19.5 Å². The molecule has 19 heteroatoms. The van der Waals surface area contributed by atoms with Gasteiger partial charge in [0.1, 0.15) is 34.4 Å². The van der Waals surface area contributed by atoms with E-state index < -0.39 is 34.8 Å². The number of hydrogen-bond acceptors (Lipinski definition) is 14. The largest absolute Gasteiger partial charge is 0.477 e. The van der Waals surface area contributed by atoms with Crippen molar-refractivity contribution < 1.29 is 29.1 Å². The normalized spacial score (nSPS) is 17.6. The molecule has 0 aliphatic carbocycles. The maximum atomic E-state index is 13.9. The molecule has 8 rings (SSSR count). The molecule has 1 fully saturated rings. The number of nitrogens with zero attached hydrogens (tertiary/aromatic N) is 7. The SMILES string of the molecule is COCc1nc2nc(C)cc(SCC3=C(C(=O)O)N4C(=O)C(NC(=O)C(=NOC(C)(C)c5cccc6c5[nH]c5ccccc56)c5csc(N)n5)[C@@H]4SC3)n2n1. The van der Waals surface area contributed by atoms with Crippen molar-refractivity contribution in [1.29, 1.82) is 0 Å². The second-order valence-electron chi connectivity index (χ2n) is 13.3. The lowest BCUT2D eigenvalue weighted by atomic mass is 9.95. The van der Waals surface area contributed by atoms with Gasteiger partial charge in [0, 0.05) is 51.5 Å². The number of anilines is 1. The van der Waals surface area contributed by atoms with Crippen LogP contribution in [0.2, 0.25) is 0 Å². The Morgan fingerprint density at radius 3 is 2.73 bits per heavy atom. The van der Waals surface area contributed by atoms with Gasteiger partial charge in [-0.05, 0) is 38.5 Å². The number of H-pyrrole nitrogens is 1. The van der Waals surface area contributed by atoms with Gasteiger partial charge in [-0.1, -0.05) is 41.6 Å². The third-order valence-electron chi connectivity index (χ3n) is 9.19. The van der Waals surface area contributed by atoms with E-state index in [4.69, 9.17) is 15.3 Å². The number of thioether (sulfide) groups is 2. The Morgan fingerprint density at radius 2 is 1.96 bits per heavy atom. The summed E-state index contributed by atoms with van der Waals surface area (Å²) >= 11 is 3.85. The molecule has 2 aliphatic heterocycles. The predicted octanol–water partition coefficient (Wildman–Crippen LogP) is 4.44. The lowest BCUT2D eigenvalue weighted by molar-refractivity contribution is -0.150. The van der Waals surface area contributed by atoms with Crippen molar-refractivity contribution in [2.24, 2.45) is 5.16 Å². The van der Waals surface area contributed by atoms with Crippen LogP contribution in [0.25, 0.3) is 27.6 Å². The number of amides is 2. The van der Waals surface area contributed by atoms with Crippen LogP contribution in [0.4, 0.5) is 5.13 Å². The number of nitrogens with one attached hydrogen (secondary N) is 2. The molecule has 55 heavy (non-hydrogen) atoms. The van der Waals surface area contributed by atoms with Gasteiger partial charge in [0.05, 0.1) is 5.52 Å². The molecule has 6 heterocycles. The van der Waals surface area contributed by atoms with Crippen molar-refractivity contribution in [3.63, 3.8) is 0 Å². The Bertz CT molecular complexity index is 2590. The number of methoxy groups -OCH3 is 1. The molecule has 2 aromatic carbocycles. The number of aromatic nitrogens is 6. The number of carbonyl (C=O) groups excluding carboxylic acids is 2. The Kier molecular flexibility index (Phi) is 9.48. The standard InChI is InChI=1S/C36H34N10O6S3/c1-17-12-25(46-35(38-17)41-24(43-46)13-51-4)53-14-18-15-54-32-28(31(48)45(32)29(18)33(49)50)42-30(47)27(23-16-55-34(37)40-23)44-52-36(2,3)21-10-7-9-20-19-8-5-6-11-22(19)39-26(20)21/h5-12,16,28,32,39H,13-15H2,1-4H3,(H2,37,40)(H,42,47)(H,49,50)/t28?,32-/m0/s1. The molecule has 1 saturated heterocycles. The number of carboxylic acids is 1. The van der Waals surface area contributed by atoms with Gasteiger partial charge >= 0.3 is 5.97 Å². The average Bonchev–Trinajstić information content (AvgIpc) is 3.88. The summed E-state index contributed by atoms with van der Waals surface area (Å²) in [6, 6.07) is 14.7. The van der Waals surface area contributed by atoms with Gasteiger partial charge in [0.25, 0.3) is 17.6 Å². The number of aromatic amines is 1. The molecular weight excluding hydrogens is 765 g/mol. The van der Waals surface area contributed by atoms with Crippen LogP contribution < -0.4 is 11.1 Å². The van der Waals surface area contributed by atoms with Crippen molar-refractivity contribution in [3.8, 4) is 0 Å². The number of para-hydroxylation sites is 2. The van der Waals surface area contributed by atoms with Gasteiger partial charge in [0.15, 0.2) is 22.3 Å². The van der Waals surface area contributed by atoms with Crippen LogP contribution in [0.5, 0.6) is 0 Å². The minimum Gasteiger partial charge on any atom is -0.477 e. The Hall–Kier alpha value is -5.50. The number of carboxylic acid groups (broad SMARTS) is 1. The highest BCUT2D eigenvalue weighted by molar-refractivity contribution is 8.01. The van der Waals surface area contributed by atoms with Crippen molar-refractivity contribution in [2.75, 3.05) is 24.3 Å². The number of rotatable bonds is 12. The first-order valence-corrected chi connectivity index (χ1v) is 19.9. The van der Waals surface area contributed by atoms with E-state index in [2.05, 4.69) is 35.5 Å². The summed E-state index contributed by atoms with van der Waals surface area (Å²) in [7, 11) is 1.55. The molecule has 6 aromatic rings. The summed E-state index contributed by atoms with van der Waals surface area (Å²) in [6.07, 6.45) is 0. The van der Waals surface area contributed by atoms with Crippen molar-refractivity contribution in [1.82, 2.24) is 39.8 Å². The minimum atomic E-state index is -1.24.